The highest BCUT2D eigenvalue weighted by Gasteiger charge is 2.12. The number of hydrogen-bond donors (Lipinski definition) is 2. The van der Waals surface area contributed by atoms with Crippen LogP contribution in [0.4, 0.5) is 5.69 Å². The molecule has 2 aromatic carbocycles. The summed E-state index contributed by atoms with van der Waals surface area (Å²) in [6, 6.07) is 14.5. The summed E-state index contributed by atoms with van der Waals surface area (Å²) >= 11 is 3.14. The number of hydrogen-bond acceptors (Lipinski definition) is 6. The molecule has 0 aliphatic heterocycles. The molecule has 1 aromatic heterocycles. The molecule has 0 aliphatic carbocycles. The first-order valence-corrected chi connectivity index (χ1v) is 10.5. The van der Waals surface area contributed by atoms with Gasteiger partial charge in [0.2, 0.25) is 5.91 Å². The average molecular weight is 414 g/mol. The summed E-state index contributed by atoms with van der Waals surface area (Å²) in [4.78, 5) is 28.6. The van der Waals surface area contributed by atoms with Gasteiger partial charge in [-0.1, -0.05) is 12.1 Å². The van der Waals surface area contributed by atoms with E-state index in [1.165, 1.54) is 0 Å². The Balaban J connectivity index is 1.60. The number of thiazole rings is 1. The van der Waals surface area contributed by atoms with Gasteiger partial charge >= 0.3 is 0 Å². The van der Waals surface area contributed by atoms with Crippen LogP contribution in [0.1, 0.15) is 22.5 Å². The SMILES string of the molecule is NC(=O)CCOc1ccc(NC(=O)c2ccccc2SCc2cscn2)cc1. The van der Waals surface area contributed by atoms with Crippen LogP contribution in [-0.2, 0) is 10.5 Å². The average Bonchev–Trinajstić information content (AvgIpc) is 3.21. The number of thioether (sulfide) groups is 1. The lowest BCUT2D eigenvalue weighted by Crippen LogP contribution is -2.14. The van der Waals surface area contributed by atoms with Gasteiger partial charge in [-0.25, -0.2) is 4.98 Å². The van der Waals surface area contributed by atoms with Gasteiger partial charge in [0, 0.05) is 21.7 Å². The number of benzene rings is 2. The first kappa shape index (κ1) is 19.9. The maximum absolute atomic E-state index is 12.7. The Bertz CT molecular complexity index is 928. The number of rotatable bonds is 9. The molecule has 3 rings (SSSR count). The van der Waals surface area contributed by atoms with Crippen molar-refractivity contribution in [3.05, 3.63) is 70.7 Å². The molecule has 1 heterocycles. The lowest BCUT2D eigenvalue weighted by molar-refractivity contribution is -0.118. The molecule has 0 spiro atoms. The van der Waals surface area contributed by atoms with Crippen molar-refractivity contribution in [3.63, 3.8) is 0 Å². The van der Waals surface area contributed by atoms with E-state index >= 15 is 0 Å². The lowest BCUT2D eigenvalue weighted by Gasteiger charge is -2.10. The molecule has 0 radical (unpaired) electrons. The molecule has 144 valence electrons. The molecular formula is C20H19N3O3S2. The van der Waals surface area contributed by atoms with Gasteiger partial charge in [0.15, 0.2) is 0 Å². The Hall–Kier alpha value is -2.84. The highest BCUT2D eigenvalue weighted by atomic mass is 32.2. The van der Waals surface area contributed by atoms with E-state index in [0.717, 1.165) is 10.6 Å². The van der Waals surface area contributed by atoms with Crippen LogP contribution in [-0.4, -0.2) is 23.4 Å². The number of carbonyl (C=O) groups excluding carboxylic acids is 2. The summed E-state index contributed by atoms with van der Waals surface area (Å²) in [5, 5.41) is 4.90. The molecule has 2 amide bonds. The minimum atomic E-state index is -0.407. The monoisotopic (exact) mass is 413 g/mol. The molecule has 0 atom stereocenters. The Morgan fingerprint density at radius 1 is 1.14 bits per heavy atom. The zero-order valence-electron chi connectivity index (χ0n) is 15.0. The van der Waals surface area contributed by atoms with E-state index < -0.39 is 5.91 Å². The topological polar surface area (TPSA) is 94.3 Å². The summed E-state index contributed by atoms with van der Waals surface area (Å²) in [7, 11) is 0. The standard InChI is InChI=1S/C20H19N3O3S2/c21-19(24)9-10-26-16-7-5-14(6-8-16)23-20(25)17-3-1-2-4-18(17)28-12-15-11-27-13-22-15/h1-8,11,13H,9-10,12H2,(H2,21,24)(H,23,25). The van der Waals surface area contributed by atoms with E-state index in [1.807, 2.05) is 23.6 Å². The second-order valence-corrected chi connectivity index (χ2v) is 7.54. The van der Waals surface area contributed by atoms with E-state index in [-0.39, 0.29) is 18.9 Å². The third-order valence-electron chi connectivity index (χ3n) is 3.72. The number of amides is 2. The highest BCUT2D eigenvalue weighted by Crippen LogP contribution is 2.27. The Kier molecular flexibility index (Phi) is 7.05. The van der Waals surface area contributed by atoms with E-state index in [1.54, 1.807) is 58.9 Å². The molecule has 6 nitrogen and oxygen atoms in total. The van der Waals surface area contributed by atoms with Crippen molar-refractivity contribution in [2.24, 2.45) is 5.73 Å². The van der Waals surface area contributed by atoms with Crippen LogP contribution in [0, 0.1) is 0 Å². The molecule has 0 saturated heterocycles. The number of carbonyl (C=O) groups is 2. The molecule has 0 unspecified atom stereocenters. The van der Waals surface area contributed by atoms with Crippen molar-refractivity contribution in [1.29, 1.82) is 0 Å². The number of nitrogens with two attached hydrogens (primary N) is 1. The second-order valence-electron chi connectivity index (χ2n) is 5.81. The van der Waals surface area contributed by atoms with Crippen LogP contribution in [0.2, 0.25) is 0 Å². The molecule has 8 heteroatoms. The molecule has 0 saturated carbocycles. The molecular weight excluding hydrogens is 394 g/mol. The first-order valence-electron chi connectivity index (χ1n) is 8.53. The first-order chi connectivity index (χ1) is 13.6. The van der Waals surface area contributed by atoms with Crippen molar-refractivity contribution >= 4 is 40.6 Å². The van der Waals surface area contributed by atoms with E-state index in [4.69, 9.17) is 10.5 Å². The van der Waals surface area contributed by atoms with Crippen molar-refractivity contribution in [2.45, 2.75) is 17.1 Å². The predicted molar refractivity (Wildman–Crippen MR) is 112 cm³/mol. The molecule has 0 bridgehead atoms. The number of primary amides is 1. The van der Waals surface area contributed by atoms with E-state index in [9.17, 15) is 9.59 Å². The van der Waals surface area contributed by atoms with Crippen LogP contribution in [0.25, 0.3) is 0 Å². The number of nitrogens with one attached hydrogen (secondary N) is 1. The van der Waals surface area contributed by atoms with Crippen molar-refractivity contribution < 1.29 is 14.3 Å². The third kappa shape index (κ3) is 5.83. The fourth-order valence-electron chi connectivity index (χ4n) is 2.34. The largest absolute Gasteiger partial charge is 0.493 e. The van der Waals surface area contributed by atoms with Gasteiger partial charge in [-0.15, -0.1) is 23.1 Å². The Morgan fingerprint density at radius 2 is 1.93 bits per heavy atom. The van der Waals surface area contributed by atoms with Crippen molar-refractivity contribution in [2.75, 3.05) is 11.9 Å². The summed E-state index contributed by atoms with van der Waals surface area (Å²) in [5.74, 6) is 0.739. The number of nitrogens with zero attached hydrogens (tertiary/aromatic N) is 1. The fourth-order valence-corrected chi connectivity index (χ4v) is 3.96. The fraction of sp³-hybridized carbons (Fsp3) is 0.150. The Morgan fingerprint density at radius 3 is 2.64 bits per heavy atom. The summed E-state index contributed by atoms with van der Waals surface area (Å²) in [6.45, 7) is 0.227. The molecule has 0 aliphatic rings. The third-order valence-corrected chi connectivity index (χ3v) is 5.46. The molecule has 28 heavy (non-hydrogen) atoms. The normalized spacial score (nSPS) is 10.4. The van der Waals surface area contributed by atoms with Gasteiger partial charge in [-0.2, -0.15) is 0 Å². The maximum atomic E-state index is 12.7. The van der Waals surface area contributed by atoms with Crippen molar-refractivity contribution in [3.8, 4) is 5.75 Å². The lowest BCUT2D eigenvalue weighted by atomic mass is 10.2. The van der Waals surface area contributed by atoms with Gasteiger partial charge in [-0.05, 0) is 36.4 Å². The van der Waals surface area contributed by atoms with Crippen LogP contribution in [0.15, 0.2) is 64.3 Å². The van der Waals surface area contributed by atoms with Crippen LogP contribution >= 0.6 is 23.1 Å². The highest BCUT2D eigenvalue weighted by molar-refractivity contribution is 7.98. The zero-order chi connectivity index (χ0) is 19.8. The molecule has 3 N–H and O–H groups in total. The van der Waals surface area contributed by atoms with Gasteiger partial charge < -0.3 is 15.8 Å². The van der Waals surface area contributed by atoms with E-state index in [0.29, 0.717) is 22.8 Å². The van der Waals surface area contributed by atoms with Crippen molar-refractivity contribution in [1.82, 2.24) is 4.98 Å². The number of anilines is 1. The maximum Gasteiger partial charge on any atom is 0.256 e. The van der Waals surface area contributed by atoms with E-state index in [2.05, 4.69) is 10.3 Å². The van der Waals surface area contributed by atoms with Gasteiger partial charge in [0.25, 0.3) is 5.91 Å². The second kappa shape index (κ2) is 9.91. The smallest absolute Gasteiger partial charge is 0.256 e. The summed E-state index contributed by atoms with van der Waals surface area (Å²) in [5.41, 5.74) is 9.15. The zero-order valence-corrected chi connectivity index (χ0v) is 16.6. The van der Waals surface area contributed by atoms with Crippen LogP contribution < -0.4 is 15.8 Å². The minimum absolute atomic E-state index is 0.161. The minimum Gasteiger partial charge on any atom is -0.493 e. The predicted octanol–water partition coefficient (Wildman–Crippen LogP) is 3.94. The summed E-state index contributed by atoms with van der Waals surface area (Å²) in [6.07, 6.45) is 0.161. The quantitative estimate of drug-likeness (QED) is 0.518. The Labute approximate surface area is 171 Å². The molecule has 3 aromatic rings. The van der Waals surface area contributed by atoms with Gasteiger partial charge in [0.05, 0.1) is 29.8 Å². The molecule has 0 fully saturated rings. The van der Waals surface area contributed by atoms with Crippen LogP contribution in [0.3, 0.4) is 0 Å². The number of ether oxygens (including phenoxy) is 1. The number of aromatic nitrogens is 1. The summed E-state index contributed by atoms with van der Waals surface area (Å²) < 4.78 is 5.43. The van der Waals surface area contributed by atoms with Gasteiger partial charge in [-0.3, -0.25) is 9.59 Å². The van der Waals surface area contributed by atoms with Crippen LogP contribution in [0.5, 0.6) is 5.75 Å². The van der Waals surface area contributed by atoms with Gasteiger partial charge in [0.1, 0.15) is 5.75 Å².